The molecule has 1 fully saturated rings. The maximum atomic E-state index is 12.6. The van der Waals surface area contributed by atoms with Crippen LogP contribution in [0.4, 0.5) is 5.82 Å². The van der Waals surface area contributed by atoms with E-state index in [2.05, 4.69) is 40.8 Å². The van der Waals surface area contributed by atoms with Gasteiger partial charge in [0.1, 0.15) is 17.9 Å². The molecule has 0 spiro atoms. The third-order valence-corrected chi connectivity index (χ3v) is 4.48. The largest absolute Gasteiger partial charge is 0.364 e. The molecule has 1 saturated heterocycles. The van der Waals surface area contributed by atoms with Crippen LogP contribution >= 0.6 is 0 Å². The smallest absolute Gasteiger partial charge is 0.276 e. The maximum absolute atomic E-state index is 12.6. The minimum Gasteiger partial charge on any atom is -0.364 e. The lowest BCUT2D eigenvalue weighted by Crippen LogP contribution is -2.42. The quantitative estimate of drug-likeness (QED) is 0.849. The molecule has 2 aromatic heterocycles. The van der Waals surface area contributed by atoms with E-state index in [9.17, 15) is 4.79 Å². The fraction of sp³-hybridized carbons (Fsp3) is 0.556. The summed E-state index contributed by atoms with van der Waals surface area (Å²) in [6, 6.07) is 3.66. The molecule has 0 aliphatic carbocycles. The summed E-state index contributed by atoms with van der Waals surface area (Å²) in [5.74, 6) is 1.63. The van der Waals surface area contributed by atoms with Gasteiger partial charge in [0, 0.05) is 43.9 Å². The third-order valence-electron chi connectivity index (χ3n) is 4.48. The molecule has 0 bridgehead atoms. The van der Waals surface area contributed by atoms with Crippen LogP contribution in [0, 0.1) is 0 Å². The molecule has 0 saturated carbocycles. The van der Waals surface area contributed by atoms with Gasteiger partial charge >= 0.3 is 0 Å². The van der Waals surface area contributed by atoms with Gasteiger partial charge in [-0.15, -0.1) is 0 Å². The van der Waals surface area contributed by atoms with Crippen LogP contribution in [0.25, 0.3) is 0 Å². The first kappa shape index (κ1) is 17.4. The van der Waals surface area contributed by atoms with Crippen LogP contribution in [0.3, 0.4) is 0 Å². The van der Waals surface area contributed by atoms with E-state index < -0.39 is 0 Å². The molecule has 25 heavy (non-hydrogen) atoms. The van der Waals surface area contributed by atoms with Gasteiger partial charge in [-0.3, -0.25) is 4.79 Å². The van der Waals surface area contributed by atoms with E-state index in [4.69, 9.17) is 4.52 Å². The van der Waals surface area contributed by atoms with Gasteiger partial charge in [-0.05, 0) is 18.9 Å². The van der Waals surface area contributed by atoms with Crippen molar-refractivity contribution in [3.8, 4) is 0 Å². The first-order valence-electron chi connectivity index (χ1n) is 8.62. The highest BCUT2D eigenvalue weighted by molar-refractivity contribution is 5.92. The average molecular weight is 343 g/mol. The number of likely N-dealkylation sites (tertiary alicyclic amines) is 1. The third kappa shape index (κ3) is 3.81. The zero-order valence-corrected chi connectivity index (χ0v) is 15.3. The molecule has 0 N–H and O–H groups in total. The van der Waals surface area contributed by atoms with Crippen molar-refractivity contribution in [1.29, 1.82) is 0 Å². The van der Waals surface area contributed by atoms with Crippen molar-refractivity contribution in [1.82, 2.24) is 20.0 Å². The number of hydrogen-bond donors (Lipinski definition) is 0. The van der Waals surface area contributed by atoms with E-state index in [0.29, 0.717) is 5.69 Å². The van der Waals surface area contributed by atoms with Gasteiger partial charge in [0.2, 0.25) is 0 Å². The molecule has 0 radical (unpaired) electrons. The van der Waals surface area contributed by atoms with Gasteiger partial charge in [-0.1, -0.05) is 25.9 Å². The fourth-order valence-electron chi connectivity index (χ4n) is 3.10. The summed E-state index contributed by atoms with van der Waals surface area (Å²) in [6.45, 7) is 7.77. The molecule has 1 atom stereocenters. The highest BCUT2D eigenvalue weighted by atomic mass is 16.5. The summed E-state index contributed by atoms with van der Waals surface area (Å²) >= 11 is 0. The SMILES string of the molecule is CN(CC1CCCN1C(=O)c1ccon1)c1ccnc(C(C)(C)C)n1. The van der Waals surface area contributed by atoms with Crippen LogP contribution in [0.2, 0.25) is 0 Å². The Balaban J connectivity index is 1.72. The number of amides is 1. The Labute approximate surface area is 148 Å². The van der Waals surface area contributed by atoms with Crippen molar-refractivity contribution in [2.45, 2.75) is 45.1 Å². The Morgan fingerprint density at radius 2 is 2.20 bits per heavy atom. The molecule has 1 unspecified atom stereocenters. The van der Waals surface area contributed by atoms with E-state index >= 15 is 0 Å². The molecular weight excluding hydrogens is 318 g/mol. The van der Waals surface area contributed by atoms with Crippen molar-refractivity contribution < 1.29 is 9.32 Å². The average Bonchev–Trinajstić information content (AvgIpc) is 3.25. The van der Waals surface area contributed by atoms with Crippen LogP contribution in [-0.4, -0.2) is 52.1 Å². The van der Waals surface area contributed by atoms with E-state index in [1.165, 1.54) is 6.26 Å². The second-order valence-electron chi connectivity index (χ2n) is 7.55. The van der Waals surface area contributed by atoms with Crippen molar-refractivity contribution in [2.24, 2.45) is 0 Å². The van der Waals surface area contributed by atoms with Crippen LogP contribution in [0.1, 0.15) is 49.9 Å². The number of carbonyl (C=O) groups excluding carboxylic acids is 1. The lowest BCUT2D eigenvalue weighted by atomic mass is 9.96. The zero-order valence-electron chi connectivity index (χ0n) is 15.3. The number of likely N-dealkylation sites (N-methyl/N-ethyl adjacent to an activating group) is 1. The highest BCUT2D eigenvalue weighted by Gasteiger charge is 2.31. The van der Waals surface area contributed by atoms with Gasteiger partial charge in [-0.2, -0.15) is 0 Å². The van der Waals surface area contributed by atoms with Gasteiger partial charge in [0.25, 0.3) is 5.91 Å². The molecule has 2 aromatic rings. The fourth-order valence-corrected chi connectivity index (χ4v) is 3.10. The number of anilines is 1. The van der Waals surface area contributed by atoms with E-state index in [1.54, 1.807) is 12.3 Å². The monoisotopic (exact) mass is 343 g/mol. The number of hydrogen-bond acceptors (Lipinski definition) is 6. The molecule has 3 rings (SSSR count). The van der Waals surface area contributed by atoms with Gasteiger partial charge in [0.15, 0.2) is 5.69 Å². The molecule has 1 aliphatic heterocycles. The molecular formula is C18H25N5O2. The van der Waals surface area contributed by atoms with E-state index in [-0.39, 0.29) is 17.4 Å². The van der Waals surface area contributed by atoms with E-state index in [1.807, 2.05) is 18.0 Å². The Morgan fingerprint density at radius 1 is 1.40 bits per heavy atom. The summed E-state index contributed by atoms with van der Waals surface area (Å²) in [5.41, 5.74) is 0.269. The first-order chi connectivity index (χ1) is 11.9. The lowest BCUT2D eigenvalue weighted by molar-refractivity contribution is 0.0730. The second kappa shape index (κ2) is 6.82. The van der Waals surface area contributed by atoms with Crippen LogP contribution in [-0.2, 0) is 5.41 Å². The van der Waals surface area contributed by atoms with Crippen LogP contribution in [0.15, 0.2) is 29.1 Å². The molecule has 1 aliphatic rings. The van der Waals surface area contributed by atoms with Gasteiger partial charge in [-0.25, -0.2) is 9.97 Å². The van der Waals surface area contributed by atoms with Gasteiger partial charge < -0.3 is 14.3 Å². The first-order valence-corrected chi connectivity index (χ1v) is 8.62. The molecule has 7 heteroatoms. The Bertz CT molecular complexity index is 723. The highest BCUT2D eigenvalue weighted by Crippen LogP contribution is 2.23. The standard InChI is InChI=1S/C18H25N5O2/c1-18(2,3)17-19-9-7-15(20-17)22(4)12-13-6-5-10-23(13)16(24)14-8-11-25-21-14/h7-9,11,13H,5-6,10,12H2,1-4H3. The van der Waals surface area contributed by atoms with E-state index in [0.717, 1.165) is 37.6 Å². The Hall–Kier alpha value is -2.44. The van der Waals surface area contributed by atoms with Gasteiger partial charge in [0.05, 0.1) is 0 Å². The predicted octanol–water partition coefficient (Wildman–Crippen LogP) is 2.50. The molecule has 7 nitrogen and oxygen atoms in total. The molecule has 3 heterocycles. The minimum atomic E-state index is -0.0981. The number of rotatable bonds is 4. The topological polar surface area (TPSA) is 75.4 Å². The summed E-state index contributed by atoms with van der Waals surface area (Å²) in [6.07, 6.45) is 5.20. The predicted molar refractivity (Wildman–Crippen MR) is 94.6 cm³/mol. The minimum absolute atomic E-state index is 0.0669. The Morgan fingerprint density at radius 3 is 2.88 bits per heavy atom. The number of carbonyl (C=O) groups is 1. The van der Waals surface area contributed by atoms with Crippen LogP contribution in [0.5, 0.6) is 0 Å². The number of nitrogens with zero attached hydrogens (tertiary/aromatic N) is 5. The molecule has 134 valence electrons. The summed E-state index contributed by atoms with van der Waals surface area (Å²) in [7, 11) is 2.01. The zero-order chi connectivity index (χ0) is 18.0. The van der Waals surface area contributed by atoms with Crippen molar-refractivity contribution in [3.63, 3.8) is 0 Å². The normalized spacial score (nSPS) is 17.8. The maximum Gasteiger partial charge on any atom is 0.276 e. The van der Waals surface area contributed by atoms with Crippen molar-refractivity contribution in [2.75, 3.05) is 25.0 Å². The summed E-state index contributed by atoms with van der Waals surface area (Å²) in [5, 5.41) is 3.77. The van der Waals surface area contributed by atoms with Crippen LogP contribution < -0.4 is 4.90 Å². The second-order valence-corrected chi connectivity index (χ2v) is 7.55. The van der Waals surface area contributed by atoms with Crippen molar-refractivity contribution >= 4 is 11.7 Å². The molecule has 1 amide bonds. The van der Waals surface area contributed by atoms with Crippen molar-refractivity contribution in [3.05, 3.63) is 36.1 Å². The number of aromatic nitrogens is 3. The Kier molecular flexibility index (Phi) is 4.74. The molecule has 0 aromatic carbocycles. The lowest BCUT2D eigenvalue weighted by Gasteiger charge is -2.29. The summed E-state index contributed by atoms with van der Waals surface area (Å²) < 4.78 is 4.80. The summed E-state index contributed by atoms with van der Waals surface area (Å²) in [4.78, 5) is 25.6.